The van der Waals surface area contributed by atoms with Crippen LogP contribution < -0.4 is 10.1 Å². The number of amides is 1. The summed E-state index contributed by atoms with van der Waals surface area (Å²) >= 11 is 0. The molecule has 160 valence electrons. The van der Waals surface area contributed by atoms with Crippen LogP contribution in [0.5, 0.6) is 11.5 Å². The van der Waals surface area contributed by atoms with Crippen molar-refractivity contribution in [2.24, 2.45) is 0 Å². The molecule has 1 aliphatic heterocycles. The highest BCUT2D eigenvalue weighted by Gasteiger charge is 2.26. The largest absolute Gasteiger partial charge is 0.457 e. The van der Waals surface area contributed by atoms with Gasteiger partial charge in [0.2, 0.25) is 10.0 Å². The zero-order chi connectivity index (χ0) is 21.7. The van der Waals surface area contributed by atoms with E-state index >= 15 is 0 Å². The van der Waals surface area contributed by atoms with E-state index in [1.165, 1.54) is 16.4 Å². The number of sulfonamides is 1. The smallest absolute Gasteiger partial charge is 0.259 e. The minimum Gasteiger partial charge on any atom is -0.457 e. The number of hydrogen-bond acceptors (Lipinski definition) is 5. The van der Waals surface area contributed by atoms with Gasteiger partial charge in [0.25, 0.3) is 5.91 Å². The van der Waals surface area contributed by atoms with Crippen LogP contribution in [0.25, 0.3) is 0 Å². The van der Waals surface area contributed by atoms with Crippen molar-refractivity contribution in [1.29, 1.82) is 0 Å². The summed E-state index contributed by atoms with van der Waals surface area (Å²) in [6.07, 6.45) is 0. The van der Waals surface area contributed by atoms with E-state index in [4.69, 9.17) is 9.47 Å². The van der Waals surface area contributed by atoms with E-state index in [0.717, 1.165) is 0 Å². The molecule has 8 heteroatoms. The minimum absolute atomic E-state index is 0.181. The molecule has 3 aromatic rings. The molecule has 1 saturated heterocycles. The summed E-state index contributed by atoms with van der Waals surface area (Å²) < 4.78 is 37.9. The quantitative estimate of drug-likeness (QED) is 0.634. The van der Waals surface area contributed by atoms with E-state index in [9.17, 15) is 13.2 Å². The summed E-state index contributed by atoms with van der Waals surface area (Å²) in [5.41, 5.74) is 0.858. The molecule has 0 aliphatic carbocycles. The van der Waals surface area contributed by atoms with Crippen LogP contribution in [0, 0.1) is 0 Å². The van der Waals surface area contributed by atoms with E-state index in [2.05, 4.69) is 5.32 Å². The summed E-state index contributed by atoms with van der Waals surface area (Å²) in [5, 5.41) is 2.80. The second-order valence-electron chi connectivity index (χ2n) is 6.91. The molecular formula is C23H22N2O5S. The number of rotatable bonds is 6. The van der Waals surface area contributed by atoms with Crippen LogP contribution in [-0.2, 0) is 14.8 Å². The van der Waals surface area contributed by atoms with Gasteiger partial charge in [-0.15, -0.1) is 0 Å². The Labute approximate surface area is 181 Å². The minimum atomic E-state index is -3.58. The highest BCUT2D eigenvalue weighted by molar-refractivity contribution is 7.89. The third-order valence-electron chi connectivity index (χ3n) is 4.82. The highest BCUT2D eigenvalue weighted by Crippen LogP contribution is 2.26. The molecule has 4 rings (SSSR count). The number of nitrogens with zero attached hydrogens (tertiary/aromatic N) is 1. The zero-order valence-corrected chi connectivity index (χ0v) is 17.5. The number of carbonyl (C=O) groups excluding carboxylic acids is 1. The highest BCUT2D eigenvalue weighted by atomic mass is 32.2. The molecule has 0 bridgehead atoms. The maximum absolute atomic E-state index is 12.8. The van der Waals surface area contributed by atoms with E-state index in [0.29, 0.717) is 49.1 Å². The number of para-hydroxylation sites is 2. The SMILES string of the molecule is O=C(Nc1ccc(S(=O)(=O)N2CCOCC2)cc1)c1ccccc1Oc1ccccc1. The summed E-state index contributed by atoms with van der Waals surface area (Å²) in [7, 11) is -3.58. The van der Waals surface area contributed by atoms with Crippen molar-refractivity contribution < 1.29 is 22.7 Å². The predicted octanol–water partition coefficient (Wildman–Crippen LogP) is 3.75. The van der Waals surface area contributed by atoms with Crippen molar-refractivity contribution in [3.8, 4) is 11.5 Å². The van der Waals surface area contributed by atoms with Crippen molar-refractivity contribution in [3.05, 3.63) is 84.4 Å². The van der Waals surface area contributed by atoms with Gasteiger partial charge in [-0.25, -0.2) is 8.42 Å². The van der Waals surface area contributed by atoms with Gasteiger partial charge in [-0.1, -0.05) is 30.3 Å². The molecule has 1 fully saturated rings. The monoisotopic (exact) mass is 438 g/mol. The van der Waals surface area contributed by atoms with Gasteiger partial charge < -0.3 is 14.8 Å². The molecule has 7 nitrogen and oxygen atoms in total. The number of anilines is 1. The Morgan fingerprint density at radius 1 is 0.871 bits per heavy atom. The summed E-state index contributed by atoms with van der Waals surface area (Å²) in [6, 6.07) is 22.3. The van der Waals surface area contributed by atoms with Crippen LogP contribution in [0.3, 0.4) is 0 Å². The lowest BCUT2D eigenvalue weighted by Crippen LogP contribution is -2.40. The van der Waals surface area contributed by atoms with Crippen molar-refractivity contribution in [3.63, 3.8) is 0 Å². The van der Waals surface area contributed by atoms with Crippen LogP contribution in [0.2, 0.25) is 0 Å². The average Bonchev–Trinajstić information content (AvgIpc) is 2.81. The number of nitrogens with one attached hydrogen (secondary N) is 1. The van der Waals surface area contributed by atoms with Gasteiger partial charge in [0.15, 0.2) is 0 Å². The maximum atomic E-state index is 12.8. The van der Waals surface area contributed by atoms with Crippen molar-refractivity contribution in [2.45, 2.75) is 4.90 Å². The first-order chi connectivity index (χ1) is 15.0. The van der Waals surface area contributed by atoms with Gasteiger partial charge >= 0.3 is 0 Å². The lowest BCUT2D eigenvalue weighted by molar-refractivity contribution is 0.0730. The Hall–Kier alpha value is -3.20. The molecule has 0 radical (unpaired) electrons. The molecule has 1 N–H and O–H groups in total. The van der Waals surface area contributed by atoms with Crippen LogP contribution in [0.1, 0.15) is 10.4 Å². The van der Waals surface area contributed by atoms with E-state index < -0.39 is 10.0 Å². The van der Waals surface area contributed by atoms with Crippen molar-refractivity contribution >= 4 is 21.6 Å². The molecule has 1 heterocycles. The Morgan fingerprint density at radius 3 is 2.23 bits per heavy atom. The number of hydrogen-bond donors (Lipinski definition) is 1. The van der Waals surface area contributed by atoms with Crippen LogP contribution in [0.4, 0.5) is 5.69 Å². The van der Waals surface area contributed by atoms with Gasteiger partial charge in [-0.2, -0.15) is 4.31 Å². The second kappa shape index (κ2) is 9.30. The lowest BCUT2D eigenvalue weighted by Gasteiger charge is -2.26. The fourth-order valence-electron chi connectivity index (χ4n) is 3.20. The molecule has 1 aliphatic rings. The molecule has 0 unspecified atom stereocenters. The van der Waals surface area contributed by atoms with Gasteiger partial charge in [0, 0.05) is 18.8 Å². The van der Waals surface area contributed by atoms with Crippen molar-refractivity contribution in [2.75, 3.05) is 31.6 Å². The molecule has 0 saturated carbocycles. The topological polar surface area (TPSA) is 84.9 Å². The standard InChI is InChI=1S/C23H22N2O5S/c26-23(21-8-4-5-9-22(21)30-19-6-2-1-3-7-19)24-18-10-12-20(13-11-18)31(27,28)25-14-16-29-17-15-25/h1-13H,14-17H2,(H,24,26). The number of benzene rings is 3. The third-order valence-corrected chi connectivity index (χ3v) is 6.74. The van der Waals surface area contributed by atoms with E-state index in [1.54, 1.807) is 36.4 Å². The molecule has 3 aromatic carbocycles. The van der Waals surface area contributed by atoms with E-state index in [1.807, 2.05) is 30.3 Å². The van der Waals surface area contributed by atoms with Gasteiger partial charge in [-0.05, 0) is 48.5 Å². The normalized spacial score (nSPS) is 14.7. The fraction of sp³-hybridized carbons (Fsp3) is 0.174. The van der Waals surface area contributed by atoms with Crippen LogP contribution in [-0.4, -0.2) is 44.9 Å². The van der Waals surface area contributed by atoms with Crippen LogP contribution in [0.15, 0.2) is 83.8 Å². The summed E-state index contributed by atoms with van der Waals surface area (Å²) in [4.78, 5) is 13.0. The molecule has 0 atom stereocenters. The Morgan fingerprint density at radius 2 is 1.52 bits per heavy atom. The number of carbonyl (C=O) groups is 1. The van der Waals surface area contributed by atoms with Crippen LogP contribution >= 0.6 is 0 Å². The molecule has 0 aromatic heterocycles. The lowest BCUT2D eigenvalue weighted by atomic mass is 10.2. The van der Waals surface area contributed by atoms with E-state index in [-0.39, 0.29) is 10.8 Å². The number of ether oxygens (including phenoxy) is 2. The summed E-state index contributed by atoms with van der Waals surface area (Å²) in [6.45, 7) is 1.44. The third kappa shape index (κ3) is 4.93. The molecule has 1 amide bonds. The van der Waals surface area contributed by atoms with Gasteiger partial charge in [0.05, 0.1) is 23.7 Å². The van der Waals surface area contributed by atoms with Gasteiger partial charge in [0.1, 0.15) is 11.5 Å². The molecular weight excluding hydrogens is 416 g/mol. The average molecular weight is 439 g/mol. The first-order valence-corrected chi connectivity index (χ1v) is 11.3. The molecule has 31 heavy (non-hydrogen) atoms. The Kier molecular flexibility index (Phi) is 6.31. The first-order valence-electron chi connectivity index (χ1n) is 9.85. The first kappa shape index (κ1) is 21.0. The Balaban J connectivity index is 1.48. The number of morpholine rings is 1. The summed E-state index contributed by atoms with van der Waals surface area (Å²) in [5.74, 6) is 0.702. The van der Waals surface area contributed by atoms with Crippen molar-refractivity contribution in [1.82, 2.24) is 4.31 Å². The van der Waals surface area contributed by atoms with Gasteiger partial charge in [-0.3, -0.25) is 4.79 Å². The maximum Gasteiger partial charge on any atom is 0.259 e. The molecule has 0 spiro atoms. The second-order valence-corrected chi connectivity index (χ2v) is 8.84. The predicted molar refractivity (Wildman–Crippen MR) is 117 cm³/mol. The Bertz CT molecular complexity index is 1140. The fourth-order valence-corrected chi connectivity index (χ4v) is 4.61. The zero-order valence-electron chi connectivity index (χ0n) is 16.7.